The topological polar surface area (TPSA) is 114 Å². The van der Waals surface area contributed by atoms with E-state index < -0.39 is 16.9 Å². The molecule has 0 radical (unpaired) electrons. The van der Waals surface area contributed by atoms with Gasteiger partial charge in [0, 0.05) is 30.2 Å². The molecular formula is C23H25NO5. The van der Waals surface area contributed by atoms with Gasteiger partial charge in [0.1, 0.15) is 17.3 Å². The van der Waals surface area contributed by atoms with Gasteiger partial charge in [-0.2, -0.15) is 0 Å². The first kappa shape index (κ1) is 18.4. The number of aliphatic hydroxyl groups is 1. The number of hydrogen-bond acceptors (Lipinski definition) is 5. The van der Waals surface area contributed by atoms with Crippen molar-refractivity contribution in [1.29, 1.82) is 0 Å². The van der Waals surface area contributed by atoms with Crippen molar-refractivity contribution in [3.8, 4) is 5.75 Å². The van der Waals surface area contributed by atoms with Gasteiger partial charge in [0.15, 0.2) is 0 Å². The summed E-state index contributed by atoms with van der Waals surface area (Å²) in [6.45, 7) is 0. The Bertz CT molecular complexity index is 997. The Kier molecular flexibility index (Phi) is 3.94. The monoisotopic (exact) mass is 395 g/mol. The largest absolute Gasteiger partial charge is 0.507 e. The van der Waals surface area contributed by atoms with Crippen LogP contribution in [-0.2, 0) is 23.1 Å². The Balaban J connectivity index is 1.67. The molecule has 6 heteroatoms. The zero-order valence-corrected chi connectivity index (χ0v) is 16.2. The Morgan fingerprint density at radius 1 is 1.28 bits per heavy atom. The van der Waals surface area contributed by atoms with E-state index in [1.54, 1.807) is 12.3 Å². The smallest absolute Gasteiger partial charge is 0.252 e. The van der Waals surface area contributed by atoms with Crippen LogP contribution in [0.1, 0.15) is 59.3 Å². The number of hydrogen-bond donors (Lipinski definition) is 3. The van der Waals surface area contributed by atoms with Crippen LogP contribution < -0.4 is 5.73 Å². The van der Waals surface area contributed by atoms with Crippen molar-refractivity contribution in [2.75, 3.05) is 0 Å². The lowest BCUT2D eigenvalue weighted by atomic mass is 9.43. The lowest BCUT2D eigenvalue weighted by Gasteiger charge is -2.62. The minimum absolute atomic E-state index is 0.0409. The van der Waals surface area contributed by atoms with E-state index in [2.05, 4.69) is 0 Å². The number of furan rings is 1. The molecule has 2 bridgehead atoms. The van der Waals surface area contributed by atoms with E-state index in [9.17, 15) is 19.8 Å². The number of Topliss-reactive ketones (excluding diaryl/α,β-unsaturated/α-hetero) is 1. The van der Waals surface area contributed by atoms with Crippen LogP contribution in [0.2, 0.25) is 0 Å². The van der Waals surface area contributed by atoms with Crippen molar-refractivity contribution >= 4 is 11.7 Å². The van der Waals surface area contributed by atoms with Crippen LogP contribution in [0.15, 0.2) is 34.9 Å². The van der Waals surface area contributed by atoms with Crippen LogP contribution in [0.25, 0.3) is 0 Å². The molecule has 3 aliphatic carbocycles. The zero-order chi connectivity index (χ0) is 20.4. The van der Waals surface area contributed by atoms with Crippen LogP contribution in [0.4, 0.5) is 0 Å². The molecule has 1 heterocycles. The fraction of sp³-hybridized carbons (Fsp3) is 0.478. The molecule has 5 rings (SSSR count). The van der Waals surface area contributed by atoms with E-state index in [0.717, 1.165) is 24.2 Å². The zero-order valence-electron chi connectivity index (χ0n) is 16.2. The Hall–Kier alpha value is -2.60. The van der Waals surface area contributed by atoms with Gasteiger partial charge in [-0.25, -0.2) is 0 Å². The van der Waals surface area contributed by atoms with Gasteiger partial charge in [-0.1, -0.05) is 6.07 Å². The molecule has 2 aromatic rings. The number of nitrogens with two attached hydrogens (primary N) is 1. The molecule has 0 aliphatic heterocycles. The highest BCUT2D eigenvalue weighted by Crippen LogP contribution is 2.64. The number of fused-ring (bicyclic) bond motifs is 1. The van der Waals surface area contributed by atoms with Crippen LogP contribution in [-0.4, -0.2) is 27.5 Å². The quantitative estimate of drug-likeness (QED) is 0.739. The minimum atomic E-state index is -1.10. The first-order chi connectivity index (χ1) is 13.9. The lowest BCUT2D eigenvalue weighted by molar-refractivity contribution is -0.172. The van der Waals surface area contributed by atoms with Crippen molar-refractivity contribution in [2.24, 2.45) is 17.6 Å². The summed E-state index contributed by atoms with van der Waals surface area (Å²) in [5.74, 6) is 0.303. The third-order valence-corrected chi connectivity index (χ3v) is 7.73. The van der Waals surface area contributed by atoms with Crippen LogP contribution in [0.3, 0.4) is 0 Å². The normalized spacial score (nSPS) is 33.1. The number of carbonyl (C=O) groups excluding carboxylic acids is 2. The van der Waals surface area contributed by atoms with E-state index in [-0.39, 0.29) is 35.4 Å². The highest BCUT2D eigenvalue weighted by atomic mass is 16.3. The highest BCUT2D eigenvalue weighted by molar-refractivity contribution is 5.96. The summed E-state index contributed by atoms with van der Waals surface area (Å²) in [5, 5.41) is 23.1. The molecule has 4 atom stereocenters. The molecule has 29 heavy (non-hydrogen) atoms. The van der Waals surface area contributed by atoms with Gasteiger partial charge < -0.3 is 20.4 Å². The Morgan fingerprint density at radius 3 is 2.83 bits per heavy atom. The van der Waals surface area contributed by atoms with E-state index in [0.29, 0.717) is 31.2 Å². The SMILES string of the molecule is NC(=O)c1ccc2c(c1O)[C@]13CCC(Cc4ccco4)[C@H](C2)[C@]1(O)CCC(=O)C3. The third-order valence-electron chi connectivity index (χ3n) is 7.73. The van der Waals surface area contributed by atoms with Gasteiger partial charge in [0.2, 0.25) is 0 Å². The number of primary amides is 1. The maximum Gasteiger partial charge on any atom is 0.252 e. The van der Waals surface area contributed by atoms with Gasteiger partial charge in [-0.05, 0) is 61.3 Å². The summed E-state index contributed by atoms with van der Waals surface area (Å²) in [6, 6.07) is 7.21. The molecule has 1 aromatic carbocycles. The maximum absolute atomic E-state index is 12.5. The summed E-state index contributed by atoms with van der Waals surface area (Å²) in [4.78, 5) is 24.4. The van der Waals surface area contributed by atoms with Gasteiger partial charge in [-0.15, -0.1) is 0 Å². The maximum atomic E-state index is 12.5. The molecular weight excluding hydrogens is 370 g/mol. The standard InChI is InChI=1S/C23H25NO5/c24-21(27)17-4-3-14-11-18-13(10-16-2-1-9-29-16)5-7-22(19(14)20(17)26)12-15(25)6-8-23(18,22)28/h1-4,9,13,18,26,28H,5-8,10-12H2,(H2,24,27)/t13?,18-,22+,23+/m0/s1. The fourth-order valence-corrected chi connectivity index (χ4v) is 6.48. The lowest BCUT2D eigenvalue weighted by Crippen LogP contribution is -2.67. The number of phenols is 1. The van der Waals surface area contributed by atoms with Crippen LogP contribution in [0.5, 0.6) is 5.75 Å². The summed E-state index contributed by atoms with van der Waals surface area (Å²) < 4.78 is 5.56. The fourth-order valence-electron chi connectivity index (χ4n) is 6.48. The van der Waals surface area contributed by atoms with Crippen molar-refractivity contribution in [2.45, 2.75) is 56.0 Å². The molecule has 3 aliphatic rings. The Labute approximate surface area is 168 Å². The number of carbonyl (C=O) groups is 2. The van der Waals surface area contributed by atoms with Crippen molar-refractivity contribution in [3.63, 3.8) is 0 Å². The molecule has 2 fully saturated rings. The highest BCUT2D eigenvalue weighted by Gasteiger charge is 2.65. The predicted octanol–water partition coefficient (Wildman–Crippen LogP) is 2.63. The summed E-state index contributed by atoms with van der Waals surface area (Å²) in [5.41, 5.74) is 5.02. The van der Waals surface area contributed by atoms with E-state index in [1.807, 2.05) is 18.2 Å². The van der Waals surface area contributed by atoms with Gasteiger partial charge in [0.05, 0.1) is 17.4 Å². The number of amides is 1. The van der Waals surface area contributed by atoms with Crippen molar-refractivity contribution in [3.05, 3.63) is 53.0 Å². The second-order valence-corrected chi connectivity index (χ2v) is 8.97. The van der Waals surface area contributed by atoms with Gasteiger partial charge >= 0.3 is 0 Å². The molecule has 1 amide bonds. The summed E-state index contributed by atoms with van der Waals surface area (Å²) in [6.07, 6.45) is 5.32. The second-order valence-electron chi connectivity index (χ2n) is 8.97. The number of ketones is 1. The summed E-state index contributed by atoms with van der Waals surface area (Å²) in [7, 11) is 0. The Morgan fingerprint density at radius 2 is 2.10 bits per heavy atom. The second kappa shape index (κ2) is 6.20. The minimum Gasteiger partial charge on any atom is -0.507 e. The van der Waals surface area contributed by atoms with Crippen LogP contribution in [0, 0.1) is 11.8 Å². The van der Waals surface area contributed by atoms with E-state index in [4.69, 9.17) is 10.2 Å². The van der Waals surface area contributed by atoms with Gasteiger partial charge in [0.25, 0.3) is 5.91 Å². The first-order valence-electron chi connectivity index (χ1n) is 10.3. The summed E-state index contributed by atoms with van der Waals surface area (Å²) >= 11 is 0. The first-order valence-corrected chi connectivity index (χ1v) is 10.3. The van der Waals surface area contributed by atoms with Gasteiger partial charge in [-0.3, -0.25) is 9.59 Å². The molecule has 152 valence electrons. The number of rotatable bonds is 3. The predicted molar refractivity (Wildman–Crippen MR) is 104 cm³/mol. The molecule has 1 unspecified atom stereocenters. The van der Waals surface area contributed by atoms with Crippen molar-refractivity contribution in [1.82, 2.24) is 0 Å². The van der Waals surface area contributed by atoms with Crippen LogP contribution >= 0.6 is 0 Å². The third kappa shape index (κ3) is 2.45. The molecule has 1 aromatic heterocycles. The number of benzene rings is 1. The average Bonchev–Trinajstić information content (AvgIpc) is 3.17. The molecule has 4 N–H and O–H groups in total. The molecule has 2 saturated carbocycles. The average molecular weight is 395 g/mol. The van der Waals surface area contributed by atoms with E-state index in [1.165, 1.54) is 0 Å². The van der Waals surface area contributed by atoms with E-state index >= 15 is 0 Å². The molecule has 6 nitrogen and oxygen atoms in total. The molecule has 0 saturated heterocycles. The van der Waals surface area contributed by atoms with Crippen molar-refractivity contribution < 1.29 is 24.2 Å². The molecule has 0 spiro atoms. The number of aromatic hydroxyl groups is 1.